The molecule has 0 amide bonds. The van der Waals surface area contributed by atoms with Gasteiger partial charge in [0.05, 0.1) is 32.9 Å². The molecule has 2 fully saturated rings. The molecule has 188 valence electrons. The summed E-state index contributed by atoms with van der Waals surface area (Å²) in [7, 11) is -2.27. The number of fused-ring (bicyclic) bond motifs is 5. The van der Waals surface area contributed by atoms with Gasteiger partial charge in [0.1, 0.15) is 33.7 Å². The van der Waals surface area contributed by atoms with Crippen LogP contribution in [0, 0.1) is 11.6 Å². The van der Waals surface area contributed by atoms with Crippen LogP contribution in [-0.4, -0.2) is 58.3 Å². The van der Waals surface area contributed by atoms with E-state index in [4.69, 9.17) is 27.9 Å². The van der Waals surface area contributed by atoms with Crippen molar-refractivity contribution in [1.29, 1.82) is 0 Å². The fourth-order valence-corrected chi connectivity index (χ4v) is 5.52. The van der Waals surface area contributed by atoms with Crippen molar-refractivity contribution < 1.29 is 36.7 Å². The Morgan fingerprint density at radius 2 is 1.03 bits per heavy atom. The third-order valence-electron chi connectivity index (χ3n) is 6.72. The first-order valence-corrected chi connectivity index (χ1v) is 11.8. The summed E-state index contributed by atoms with van der Waals surface area (Å²) in [5.41, 5.74) is -1.40. The molecule has 2 aromatic heterocycles. The highest BCUT2D eigenvalue weighted by molar-refractivity contribution is 6.67. The molecule has 2 saturated heterocycles. The molecule has 0 aliphatic carbocycles. The summed E-state index contributed by atoms with van der Waals surface area (Å²) in [6.45, 7) is 11.3. The van der Waals surface area contributed by atoms with Gasteiger partial charge in [-0.15, -0.1) is 0 Å². The van der Waals surface area contributed by atoms with Crippen molar-refractivity contribution in [2.75, 3.05) is 0 Å². The van der Waals surface area contributed by atoms with Crippen LogP contribution in [0.1, 0.15) is 54.4 Å². The van der Waals surface area contributed by atoms with Crippen molar-refractivity contribution in [3.05, 3.63) is 11.6 Å². The second kappa shape index (κ2) is 7.91. The number of hydrogen-bond acceptors (Lipinski definition) is 10. The SMILES string of the molecule is CC1CC(C)(C)OB(c2c(F)c3c4nonc4c(B4OC(C)CC(C)(C)O4)c(F)c3c3nonc23)O1. The Kier molecular flexibility index (Phi) is 5.21. The average Bonchev–Trinajstić information content (AvgIpc) is 3.40. The smallest absolute Gasteiger partial charge is 0.405 e. The molecule has 2 aliphatic rings. The van der Waals surface area contributed by atoms with Crippen LogP contribution >= 0.6 is 0 Å². The van der Waals surface area contributed by atoms with E-state index in [9.17, 15) is 0 Å². The molecule has 6 rings (SSSR count). The Morgan fingerprint density at radius 1 is 0.667 bits per heavy atom. The van der Waals surface area contributed by atoms with Crippen LogP contribution in [0.25, 0.3) is 32.8 Å². The summed E-state index contributed by atoms with van der Waals surface area (Å²) in [6, 6.07) is 0. The van der Waals surface area contributed by atoms with Crippen LogP contribution in [0.3, 0.4) is 0 Å². The molecule has 0 radical (unpaired) electrons. The zero-order valence-corrected chi connectivity index (χ0v) is 20.7. The lowest BCUT2D eigenvalue weighted by Crippen LogP contribution is -2.53. The first-order valence-electron chi connectivity index (χ1n) is 11.8. The van der Waals surface area contributed by atoms with Crippen LogP contribution in [0.2, 0.25) is 0 Å². The van der Waals surface area contributed by atoms with Gasteiger partial charge in [-0.25, -0.2) is 18.0 Å². The van der Waals surface area contributed by atoms with Gasteiger partial charge in [-0.3, -0.25) is 0 Å². The Labute approximate surface area is 205 Å². The Bertz CT molecular complexity index is 1400. The third-order valence-corrected chi connectivity index (χ3v) is 6.72. The van der Waals surface area contributed by atoms with E-state index in [1.54, 1.807) is 0 Å². The minimum Gasteiger partial charge on any atom is -0.405 e. The Hall–Kier alpha value is -2.67. The normalized spacial score (nSPS) is 24.3. The van der Waals surface area contributed by atoms with Gasteiger partial charge in [-0.2, -0.15) is 0 Å². The van der Waals surface area contributed by atoms with E-state index < -0.39 is 37.1 Å². The van der Waals surface area contributed by atoms with Gasteiger partial charge in [-0.05, 0) is 64.7 Å². The van der Waals surface area contributed by atoms with E-state index in [1.807, 2.05) is 41.5 Å². The number of rotatable bonds is 2. The van der Waals surface area contributed by atoms with Gasteiger partial charge < -0.3 is 18.6 Å². The van der Waals surface area contributed by atoms with Gasteiger partial charge in [0, 0.05) is 12.2 Å². The van der Waals surface area contributed by atoms with E-state index >= 15 is 8.78 Å². The molecule has 4 aromatic rings. The van der Waals surface area contributed by atoms with Gasteiger partial charge in [-0.1, -0.05) is 10.3 Å². The quantitative estimate of drug-likeness (QED) is 0.381. The molecule has 2 unspecified atom stereocenters. The van der Waals surface area contributed by atoms with E-state index in [2.05, 4.69) is 20.6 Å². The summed E-state index contributed by atoms with van der Waals surface area (Å²) in [6.07, 6.45) is 0.736. The van der Waals surface area contributed by atoms with E-state index in [0.717, 1.165) is 0 Å². The first kappa shape index (κ1) is 23.7. The Morgan fingerprint density at radius 3 is 1.39 bits per heavy atom. The summed E-state index contributed by atoms with van der Waals surface area (Å²) >= 11 is 0. The van der Waals surface area contributed by atoms with Crippen molar-refractivity contribution >= 4 is 58.0 Å². The van der Waals surface area contributed by atoms with Crippen molar-refractivity contribution in [2.24, 2.45) is 0 Å². The minimum atomic E-state index is -1.13. The topological polar surface area (TPSA) is 115 Å². The van der Waals surface area contributed by atoms with Crippen molar-refractivity contribution in [3.63, 3.8) is 0 Å². The fraction of sp³-hybridized carbons (Fsp3) is 0.545. The van der Waals surface area contributed by atoms with Gasteiger partial charge in [0.15, 0.2) is 0 Å². The summed E-state index contributed by atoms with van der Waals surface area (Å²) in [5, 5.41) is 15.2. The maximum absolute atomic E-state index is 16.4. The molecule has 14 heteroatoms. The van der Waals surface area contributed by atoms with Crippen LogP contribution in [0.4, 0.5) is 8.78 Å². The zero-order chi connectivity index (χ0) is 25.6. The summed E-state index contributed by atoms with van der Waals surface area (Å²) in [5.74, 6) is -1.68. The molecule has 2 aliphatic heterocycles. The second-order valence-electron chi connectivity index (χ2n) is 10.8. The first-order chi connectivity index (χ1) is 17.0. The fourth-order valence-electron chi connectivity index (χ4n) is 5.52. The number of hydrogen-bond donors (Lipinski definition) is 0. The summed E-state index contributed by atoms with van der Waals surface area (Å²) < 4.78 is 66.6. The zero-order valence-electron chi connectivity index (χ0n) is 20.7. The molecule has 2 aromatic carbocycles. The van der Waals surface area contributed by atoms with Crippen LogP contribution < -0.4 is 10.9 Å². The molecule has 4 heterocycles. The molecule has 2 atom stereocenters. The molecule has 0 spiro atoms. The minimum absolute atomic E-state index is 0.0172. The highest BCUT2D eigenvalue weighted by Gasteiger charge is 2.45. The molecule has 0 N–H and O–H groups in total. The molecule has 0 bridgehead atoms. The predicted molar refractivity (Wildman–Crippen MR) is 126 cm³/mol. The summed E-state index contributed by atoms with van der Waals surface area (Å²) in [4.78, 5) is 0. The molecule has 0 saturated carbocycles. The van der Waals surface area contributed by atoms with E-state index in [-0.39, 0.29) is 56.0 Å². The maximum Gasteiger partial charge on any atom is 0.499 e. The predicted octanol–water partition coefficient (Wildman–Crippen LogP) is 2.79. The number of nitrogens with zero attached hydrogens (tertiary/aromatic N) is 4. The highest BCUT2D eigenvalue weighted by atomic mass is 19.1. The third kappa shape index (κ3) is 3.61. The average molecular weight is 500 g/mol. The van der Waals surface area contributed by atoms with Crippen molar-refractivity contribution in [1.82, 2.24) is 20.6 Å². The maximum atomic E-state index is 16.4. The van der Waals surface area contributed by atoms with Crippen LogP contribution in [0.5, 0.6) is 0 Å². The van der Waals surface area contributed by atoms with E-state index in [0.29, 0.717) is 12.8 Å². The molecule has 10 nitrogen and oxygen atoms in total. The lowest BCUT2D eigenvalue weighted by atomic mass is 9.70. The molecule has 36 heavy (non-hydrogen) atoms. The number of benzene rings is 2. The second-order valence-corrected chi connectivity index (χ2v) is 10.8. The lowest BCUT2D eigenvalue weighted by molar-refractivity contribution is -0.0238. The molecular weight excluding hydrogens is 476 g/mol. The van der Waals surface area contributed by atoms with E-state index in [1.165, 1.54) is 0 Å². The van der Waals surface area contributed by atoms with Crippen molar-refractivity contribution in [2.45, 2.75) is 77.8 Å². The largest absolute Gasteiger partial charge is 0.499 e. The Balaban J connectivity index is 1.65. The standard InChI is InChI=1S/C22H24B2F2N4O6/c1-9-7-21(3,4)33-23(31-9)13-15(25)11-12(17-19(13)29-35-27-17)16(26)14(20-18(11)28-36-30-20)24-32-10(2)8-22(5,6)34-24/h9-10H,7-8H2,1-6H3. The van der Waals surface area contributed by atoms with Crippen LogP contribution in [-0.2, 0) is 18.6 Å². The van der Waals surface area contributed by atoms with Crippen molar-refractivity contribution in [3.8, 4) is 0 Å². The monoisotopic (exact) mass is 500 g/mol. The number of halogens is 2. The van der Waals surface area contributed by atoms with Gasteiger partial charge in [0.25, 0.3) is 0 Å². The number of aromatic nitrogens is 4. The van der Waals surface area contributed by atoms with Gasteiger partial charge in [0.2, 0.25) is 0 Å². The molecular formula is C22H24B2F2N4O6. The van der Waals surface area contributed by atoms with Gasteiger partial charge >= 0.3 is 14.2 Å². The highest BCUT2D eigenvalue weighted by Crippen LogP contribution is 2.35. The van der Waals surface area contributed by atoms with Crippen LogP contribution in [0.15, 0.2) is 9.26 Å². The lowest BCUT2D eigenvalue weighted by Gasteiger charge is -2.38.